The lowest BCUT2D eigenvalue weighted by molar-refractivity contribution is 0.260. The Bertz CT molecular complexity index is 1640. The number of halogens is 1. The molecule has 2 aliphatic rings. The lowest BCUT2D eigenvalue weighted by Gasteiger charge is -2.24. The molecule has 2 aromatic carbocycles. The second-order valence-electron chi connectivity index (χ2n) is 11.7. The van der Waals surface area contributed by atoms with Crippen LogP contribution in [-0.4, -0.2) is 32.8 Å². The summed E-state index contributed by atoms with van der Waals surface area (Å²) >= 11 is 0. The first-order valence-electron chi connectivity index (χ1n) is 13.7. The zero-order chi connectivity index (χ0) is 28.6. The predicted molar refractivity (Wildman–Crippen MR) is 157 cm³/mol. The fraction of sp³-hybridized carbons (Fsp3) is 0.290. The van der Waals surface area contributed by atoms with E-state index in [1.54, 1.807) is 30.7 Å². The molecule has 9 nitrogen and oxygen atoms in total. The summed E-state index contributed by atoms with van der Waals surface area (Å²) in [7, 11) is 0. The molecule has 3 heterocycles. The summed E-state index contributed by atoms with van der Waals surface area (Å²) in [4.78, 5) is 4.71. The first-order chi connectivity index (χ1) is 19.8. The Kier molecular flexibility index (Phi) is 6.89. The van der Waals surface area contributed by atoms with Crippen molar-refractivity contribution in [1.29, 1.82) is 5.26 Å². The minimum atomic E-state index is -0.314. The molecular weight excluding hydrogens is 517 g/mol. The third-order valence-electron chi connectivity index (χ3n) is 7.16. The monoisotopic (exact) mass is 549 g/mol. The van der Waals surface area contributed by atoms with Crippen molar-refractivity contribution in [2.75, 3.05) is 17.2 Å². The number of hydrazine groups is 2. The van der Waals surface area contributed by atoms with E-state index in [2.05, 4.69) is 69.8 Å². The minimum absolute atomic E-state index is 0.00917. The number of benzene rings is 2. The van der Waals surface area contributed by atoms with Gasteiger partial charge in [-0.05, 0) is 54.2 Å². The molecule has 10 heteroatoms. The van der Waals surface area contributed by atoms with Crippen LogP contribution in [0, 0.1) is 22.6 Å². The Morgan fingerprint density at radius 1 is 1.12 bits per heavy atom. The highest BCUT2D eigenvalue weighted by molar-refractivity contribution is 6.04. The first kappa shape index (κ1) is 26.5. The number of fused-ring (bicyclic) bond motifs is 1. The van der Waals surface area contributed by atoms with Crippen LogP contribution in [0.5, 0.6) is 0 Å². The van der Waals surface area contributed by atoms with Gasteiger partial charge in [0.15, 0.2) is 0 Å². The van der Waals surface area contributed by atoms with E-state index < -0.39 is 0 Å². The van der Waals surface area contributed by atoms with Crippen molar-refractivity contribution in [2.45, 2.75) is 45.7 Å². The van der Waals surface area contributed by atoms with Crippen molar-refractivity contribution in [1.82, 2.24) is 31.2 Å². The van der Waals surface area contributed by atoms with Crippen molar-refractivity contribution in [3.63, 3.8) is 0 Å². The summed E-state index contributed by atoms with van der Waals surface area (Å²) in [6, 6.07) is 14.9. The summed E-state index contributed by atoms with van der Waals surface area (Å²) in [5.74, 6) is -0.290. The van der Waals surface area contributed by atoms with E-state index in [1.807, 2.05) is 18.2 Å². The highest BCUT2D eigenvalue weighted by atomic mass is 19.1. The lowest BCUT2D eigenvalue weighted by atomic mass is 9.95. The van der Waals surface area contributed by atoms with Crippen molar-refractivity contribution < 1.29 is 4.39 Å². The number of nitrogens with zero attached hydrogens (tertiary/aromatic N) is 5. The Morgan fingerprint density at radius 2 is 1.93 bits per heavy atom. The van der Waals surface area contributed by atoms with Crippen LogP contribution in [0.1, 0.15) is 50.8 Å². The second kappa shape index (κ2) is 10.7. The maximum absolute atomic E-state index is 13.9. The number of hydrogen-bond donors (Lipinski definition) is 4. The van der Waals surface area contributed by atoms with Crippen molar-refractivity contribution >= 4 is 22.3 Å². The van der Waals surface area contributed by atoms with Crippen LogP contribution >= 0.6 is 0 Å². The fourth-order valence-corrected chi connectivity index (χ4v) is 4.89. The van der Waals surface area contributed by atoms with Crippen molar-refractivity contribution in [3.05, 3.63) is 89.9 Å². The second-order valence-corrected chi connectivity index (χ2v) is 11.7. The van der Waals surface area contributed by atoms with Crippen LogP contribution in [0.4, 0.5) is 15.8 Å². The Balaban J connectivity index is 1.49. The average Bonchev–Trinajstić information content (AvgIpc) is 3.71. The maximum Gasteiger partial charge on any atom is 0.123 e. The highest BCUT2D eigenvalue weighted by Gasteiger charge is 2.32. The third kappa shape index (κ3) is 5.76. The molecule has 0 radical (unpaired) electrons. The van der Waals surface area contributed by atoms with Crippen LogP contribution < -0.4 is 21.6 Å². The summed E-state index contributed by atoms with van der Waals surface area (Å²) in [6.45, 7) is 7.10. The molecule has 41 heavy (non-hydrogen) atoms. The van der Waals surface area contributed by atoms with E-state index in [0.717, 1.165) is 57.5 Å². The normalized spacial score (nSPS) is 15.7. The topological polar surface area (TPSA) is 114 Å². The molecule has 1 aliphatic heterocycles. The molecule has 6 rings (SSSR count). The smallest absolute Gasteiger partial charge is 0.123 e. The molecule has 1 saturated carbocycles. The molecule has 4 aromatic rings. The van der Waals surface area contributed by atoms with Gasteiger partial charge in [0.05, 0.1) is 40.9 Å². The summed E-state index contributed by atoms with van der Waals surface area (Å²) in [5, 5.41) is 28.1. The number of nitrogens with one attached hydrogen (secondary N) is 4. The number of pyridine rings is 1. The average molecular weight is 550 g/mol. The van der Waals surface area contributed by atoms with Gasteiger partial charge < -0.3 is 16.1 Å². The molecule has 2 aromatic heterocycles. The zero-order valence-corrected chi connectivity index (χ0v) is 23.2. The first-order valence-corrected chi connectivity index (χ1v) is 13.7. The molecule has 1 aliphatic carbocycles. The van der Waals surface area contributed by atoms with E-state index in [1.165, 1.54) is 12.1 Å². The highest BCUT2D eigenvalue weighted by Crippen LogP contribution is 2.38. The fourth-order valence-electron chi connectivity index (χ4n) is 4.89. The van der Waals surface area contributed by atoms with Crippen LogP contribution in [0.3, 0.4) is 0 Å². The summed E-state index contributed by atoms with van der Waals surface area (Å²) in [5.41, 5.74) is 12.8. The molecule has 0 spiro atoms. The quantitative estimate of drug-likeness (QED) is 0.222. The largest absolute Gasteiger partial charge is 0.383 e. The van der Waals surface area contributed by atoms with E-state index in [4.69, 9.17) is 4.98 Å². The van der Waals surface area contributed by atoms with Crippen LogP contribution in [0.25, 0.3) is 22.0 Å². The lowest BCUT2D eigenvalue weighted by Crippen LogP contribution is -2.38. The molecule has 208 valence electrons. The Hall–Kier alpha value is -4.75. The van der Waals surface area contributed by atoms with Crippen LogP contribution in [-0.2, 0) is 0 Å². The molecular formula is C31H32FN9. The molecule has 0 amide bonds. The van der Waals surface area contributed by atoms with Crippen LogP contribution in [0.2, 0.25) is 0 Å². The van der Waals surface area contributed by atoms with Gasteiger partial charge in [0.25, 0.3) is 0 Å². The van der Waals surface area contributed by atoms with Gasteiger partial charge in [-0.1, -0.05) is 32.9 Å². The number of aromatic nitrogens is 3. The van der Waals surface area contributed by atoms with Gasteiger partial charge in [0.2, 0.25) is 0 Å². The van der Waals surface area contributed by atoms with Crippen LogP contribution in [0.15, 0.2) is 73.0 Å². The molecule has 1 fully saturated rings. The predicted octanol–water partition coefficient (Wildman–Crippen LogP) is 5.64. The maximum atomic E-state index is 13.9. The van der Waals surface area contributed by atoms with Gasteiger partial charge in [0, 0.05) is 47.2 Å². The number of nitriles is 1. The SMILES string of the molecule is CC(C)(C)CNc1c(C#N)cnc2c(-c3ccnnc3)cc(N[C@H](C3=CN(C4CC4)NN3)c3ccc(F)cc3)cc12. The number of hydrogen-bond acceptors (Lipinski definition) is 9. The molecule has 0 bridgehead atoms. The standard InChI is InChI=1S/C31H32FN9/c1-31(2,3)18-35-28-21(14-33)15-34-30-25(20-10-11-36-37-16-20)12-23(13-26(28)30)38-29(19-4-6-22(32)7-5-19)27-17-41(40-39-27)24-8-9-24/h4-7,10-13,15-17,24,29,38-40H,8-9,18H2,1-3H3,(H,34,35)/t29-/m0/s1. The van der Waals surface area contributed by atoms with Gasteiger partial charge in [-0.15, -0.1) is 5.53 Å². The summed E-state index contributed by atoms with van der Waals surface area (Å²) < 4.78 is 13.9. The van der Waals surface area contributed by atoms with Gasteiger partial charge in [-0.3, -0.25) is 9.99 Å². The summed E-state index contributed by atoms with van der Waals surface area (Å²) in [6.07, 6.45) is 9.32. The van der Waals surface area contributed by atoms with Gasteiger partial charge >= 0.3 is 0 Å². The van der Waals surface area contributed by atoms with E-state index in [0.29, 0.717) is 18.2 Å². The van der Waals surface area contributed by atoms with Gasteiger partial charge in [-0.2, -0.15) is 15.5 Å². The van der Waals surface area contributed by atoms with E-state index in [-0.39, 0.29) is 17.3 Å². The molecule has 0 unspecified atom stereocenters. The minimum Gasteiger partial charge on any atom is -0.383 e. The number of anilines is 2. The van der Waals surface area contributed by atoms with Crippen molar-refractivity contribution in [2.24, 2.45) is 5.41 Å². The van der Waals surface area contributed by atoms with Gasteiger partial charge in [0.1, 0.15) is 11.9 Å². The van der Waals surface area contributed by atoms with Gasteiger partial charge in [-0.25, -0.2) is 4.39 Å². The van der Waals surface area contributed by atoms with E-state index >= 15 is 0 Å². The van der Waals surface area contributed by atoms with Crippen molar-refractivity contribution in [3.8, 4) is 17.2 Å². The number of rotatable bonds is 8. The Labute approximate surface area is 238 Å². The third-order valence-corrected chi connectivity index (χ3v) is 7.16. The van der Waals surface area contributed by atoms with E-state index in [9.17, 15) is 9.65 Å². The zero-order valence-electron chi connectivity index (χ0n) is 23.2. The molecule has 1 atom stereocenters. The molecule has 4 N–H and O–H groups in total. The molecule has 0 saturated heterocycles. The Morgan fingerprint density at radius 3 is 2.61 bits per heavy atom.